The number of pyridine rings is 1. The van der Waals surface area contributed by atoms with Gasteiger partial charge in [0.2, 0.25) is 0 Å². The van der Waals surface area contributed by atoms with Gasteiger partial charge in [0.15, 0.2) is 0 Å². The second-order valence-electron chi connectivity index (χ2n) is 5.38. The normalized spacial score (nSPS) is 13.9. The third-order valence-electron chi connectivity index (χ3n) is 3.30. The van der Waals surface area contributed by atoms with Gasteiger partial charge in [0.05, 0.1) is 18.4 Å². The zero-order valence-corrected chi connectivity index (χ0v) is 12.8. The minimum atomic E-state index is -4.53. The third-order valence-corrected chi connectivity index (χ3v) is 3.30. The smallest absolute Gasteiger partial charge is 0.384 e. The highest BCUT2D eigenvalue weighted by atomic mass is 19.4. The molecule has 24 heavy (non-hydrogen) atoms. The fraction of sp³-hybridized carbons (Fsp3) is 0.250. The summed E-state index contributed by atoms with van der Waals surface area (Å²) in [7, 11) is 0. The number of aromatic nitrogens is 1. The Kier molecular flexibility index (Phi) is 5.08. The van der Waals surface area contributed by atoms with Crippen molar-refractivity contribution in [2.24, 2.45) is 0 Å². The van der Waals surface area contributed by atoms with Gasteiger partial charge in [0, 0.05) is 0 Å². The molecule has 0 saturated heterocycles. The number of hydrogen-bond donors (Lipinski definition) is 3. The molecule has 0 aliphatic rings. The predicted octanol–water partition coefficient (Wildman–Crippen LogP) is 3.13. The quantitative estimate of drug-likeness (QED) is 0.801. The van der Waals surface area contributed by atoms with E-state index in [0.29, 0.717) is 5.56 Å². The lowest BCUT2D eigenvalue weighted by Crippen LogP contribution is -2.40. The Hall–Kier alpha value is -2.61. The Labute approximate surface area is 136 Å². The van der Waals surface area contributed by atoms with Crippen molar-refractivity contribution in [1.29, 1.82) is 0 Å². The second kappa shape index (κ2) is 6.88. The molecule has 0 spiro atoms. The maximum atomic E-state index is 12.4. The van der Waals surface area contributed by atoms with E-state index in [1.165, 1.54) is 0 Å². The molecule has 0 aliphatic carbocycles. The molecule has 1 aromatic heterocycles. The van der Waals surface area contributed by atoms with Crippen LogP contribution in [-0.4, -0.2) is 22.7 Å². The highest BCUT2D eigenvalue weighted by molar-refractivity contribution is 5.89. The zero-order chi connectivity index (χ0) is 17.8. The van der Waals surface area contributed by atoms with Gasteiger partial charge in [0.25, 0.3) is 0 Å². The van der Waals surface area contributed by atoms with Crippen molar-refractivity contribution in [3.05, 3.63) is 59.9 Å². The Bertz CT molecular complexity index is 686. The summed E-state index contributed by atoms with van der Waals surface area (Å²) >= 11 is 0. The first-order valence-corrected chi connectivity index (χ1v) is 7.04. The summed E-state index contributed by atoms with van der Waals surface area (Å²) in [6, 6.07) is 9.99. The summed E-state index contributed by atoms with van der Waals surface area (Å²) in [5, 5.41) is 15.2. The highest BCUT2D eigenvalue weighted by Gasteiger charge is 2.32. The number of alkyl halides is 3. The summed E-state index contributed by atoms with van der Waals surface area (Å²) in [6.07, 6.45) is -3.62. The van der Waals surface area contributed by atoms with Gasteiger partial charge >= 0.3 is 12.2 Å². The van der Waals surface area contributed by atoms with E-state index in [4.69, 9.17) is 0 Å². The zero-order valence-electron chi connectivity index (χ0n) is 12.8. The van der Waals surface area contributed by atoms with E-state index in [0.717, 1.165) is 18.3 Å². The van der Waals surface area contributed by atoms with Crippen LogP contribution in [0.2, 0.25) is 0 Å². The summed E-state index contributed by atoms with van der Waals surface area (Å²) in [5.74, 6) is 0. The number of halogens is 3. The van der Waals surface area contributed by atoms with Crippen molar-refractivity contribution in [2.75, 3.05) is 11.9 Å². The number of amides is 2. The van der Waals surface area contributed by atoms with Gasteiger partial charge in [-0.05, 0) is 24.6 Å². The third kappa shape index (κ3) is 4.69. The molecule has 0 aliphatic heterocycles. The molecular formula is C16H16F3N3O2. The monoisotopic (exact) mass is 339 g/mol. The first-order chi connectivity index (χ1) is 11.2. The van der Waals surface area contributed by atoms with Gasteiger partial charge in [-0.15, -0.1) is 0 Å². The number of nitrogens with one attached hydrogen (secondary N) is 2. The summed E-state index contributed by atoms with van der Waals surface area (Å²) in [6.45, 7) is 1.47. The minimum Gasteiger partial charge on any atom is -0.384 e. The number of hydrogen-bond acceptors (Lipinski definition) is 3. The molecule has 128 valence electrons. The number of nitrogens with zero attached hydrogens (tertiary/aromatic N) is 1. The number of carbonyl (C=O) groups is 1. The van der Waals surface area contributed by atoms with Crippen molar-refractivity contribution in [2.45, 2.75) is 18.7 Å². The predicted molar refractivity (Wildman–Crippen MR) is 82.3 cm³/mol. The van der Waals surface area contributed by atoms with Crippen LogP contribution in [0.3, 0.4) is 0 Å². The van der Waals surface area contributed by atoms with Crippen LogP contribution in [0.5, 0.6) is 0 Å². The minimum absolute atomic E-state index is 0.0725. The fourth-order valence-electron chi connectivity index (χ4n) is 1.96. The van der Waals surface area contributed by atoms with Crippen LogP contribution in [0.4, 0.5) is 23.7 Å². The molecule has 0 radical (unpaired) electrons. The fourth-order valence-corrected chi connectivity index (χ4v) is 1.96. The average Bonchev–Trinajstić information content (AvgIpc) is 2.54. The number of carbonyl (C=O) groups excluding carboxylic acids is 1. The van der Waals surface area contributed by atoms with Crippen LogP contribution in [0.1, 0.15) is 18.2 Å². The first kappa shape index (κ1) is 17.7. The van der Waals surface area contributed by atoms with E-state index in [1.54, 1.807) is 37.3 Å². The number of anilines is 1. The first-order valence-electron chi connectivity index (χ1n) is 7.04. The molecular weight excluding hydrogens is 323 g/mol. The Morgan fingerprint density at radius 2 is 1.83 bits per heavy atom. The molecule has 8 heteroatoms. The number of aliphatic hydroxyl groups is 1. The molecule has 0 fully saturated rings. The van der Waals surface area contributed by atoms with Crippen molar-refractivity contribution in [3.63, 3.8) is 0 Å². The van der Waals surface area contributed by atoms with Gasteiger partial charge in [-0.25, -0.2) is 9.78 Å². The van der Waals surface area contributed by atoms with Crippen molar-refractivity contribution in [1.82, 2.24) is 10.3 Å². The van der Waals surface area contributed by atoms with Gasteiger partial charge in [0.1, 0.15) is 11.3 Å². The molecule has 5 nitrogen and oxygen atoms in total. The average molecular weight is 339 g/mol. The van der Waals surface area contributed by atoms with E-state index < -0.39 is 23.5 Å². The standard InChI is InChI=1S/C16H16F3N3O2/c1-15(24,11-5-3-2-4-6-11)10-21-14(23)22-12-7-8-13(20-9-12)16(17,18)19/h2-9,24H,10H2,1H3,(H2,21,22,23). The molecule has 2 aromatic rings. The van der Waals surface area contributed by atoms with E-state index in [1.807, 2.05) is 0 Å². The molecule has 1 atom stereocenters. The van der Waals surface area contributed by atoms with Gasteiger partial charge in [-0.2, -0.15) is 13.2 Å². The van der Waals surface area contributed by atoms with Crippen LogP contribution in [-0.2, 0) is 11.8 Å². The van der Waals surface area contributed by atoms with Crippen LogP contribution in [0, 0.1) is 0 Å². The van der Waals surface area contributed by atoms with E-state index in [9.17, 15) is 23.1 Å². The molecule has 1 aromatic carbocycles. The maximum absolute atomic E-state index is 12.4. The lowest BCUT2D eigenvalue weighted by molar-refractivity contribution is -0.141. The van der Waals surface area contributed by atoms with E-state index >= 15 is 0 Å². The molecule has 1 heterocycles. The summed E-state index contributed by atoms with van der Waals surface area (Å²) < 4.78 is 37.2. The number of benzene rings is 1. The molecule has 0 bridgehead atoms. The van der Waals surface area contributed by atoms with Crippen LogP contribution in [0.15, 0.2) is 48.7 Å². The van der Waals surface area contributed by atoms with Crippen LogP contribution in [0.25, 0.3) is 0 Å². The van der Waals surface area contributed by atoms with Crippen molar-refractivity contribution < 1.29 is 23.1 Å². The Morgan fingerprint density at radius 1 is 1.17 bits per heavy atom. The SMILES string of the molecule is CC(O)(CNC(=O)Nc1ccc(C(F)(F)F)nc1)c1ccccc1. The lowest BCUT2D eigenvalue weighted by atomic mass is 9.96. The lowest BCUT2D eigenvalue weighted by Gasteiger charge is -2.24. The van der Waals surface area contributed by atoms with Crippen LogP contribution < -0.4 is 10.6 Å². The molecule has 2 amide bonds. The van der Waals surface area contributed by atoms with Gasteiger partial charge < -0.3 is 15.7 Å². The largest absolute Gasteiger partial charge is 0.433 e. The van der Waals surface area contributed by atoms with Gasteiger partial charge in [-0.1, -0.05) is 30.3 Å². The second-order valence-corrected chi connectivity index (χ2v) is 5.38. The number of rotatable bonds is 4. The highest BCUT2D eigenvalue weighted by Crippen LogP contribution is 2.27. The van der Waals surface area contributed by atoms with E-state index in [2.05, 4.69) is 15.6 Å². The number of urea groups is 1. The topological polar surface area (TPSA) is 74.2 Å². The van der Waals surface area contributed by atoms with E-state index in [-0.39, 0.29) is 12.2 Å². The Balaban J connectivity index is 1.92. The summed E-state index contributed by atoms with van der Waals surface area (Å²) in [4.78, 5) is 15.0. The van der Waals surface area contributed by atoms with Crippen molar-refractivity contribution >= 4 is 11.7 Å². The Morgan fingerprint density at radius 3 is 2.38 bits per heavy atom. The van der Waals surface area contributed by atoms with Crippen molar-refractivity contribution in [3.8, 4) is 0 Å². The van der Waals surface area contributed by atoms with Gasteiger partial charge in [-0.3, -0.25) is 0 Å². The van der Waals surface area contributed by atoms with Crippen LogP contribution >= 0.6 is 0 Å². The molecule has 3 N–H and O–H groups in total. The molecule has 2 rings (SSSR count). The maximum Gasteiger partial charge on any atom is 0.433 e. The molecule has 1 unspecified atom stereocenters. The molecule has 0 saturated carbocycles. The summed E-state index contributed by atoms with van der Waals surface area (Å²) in [5.41, 5.74) is -1.58.